The summed E-state index contributed by atoms with van der Waals surface area (Å²) in [5.74, 6) is -3.12. The van der Waals surface area contributed by atoms with E-state index in [1.165, 1.54) is 0 Å². The fourth-order valence-electron chi connectivity index (χ4n) is 1.43. The molecule has 178 valence electrons. The molecule has 0 radical (unpaired) electrons. The second-order valence-corrected chi connectivity index (χ2v) is 3.38. The van der Waals surface area contributed by atoms with Crippen LogP contribution < -0.4 is 0 Å². The van der Waals surface area contributed by atoms with Crippen molar-refractivity contribution in [3.05, 3.63) is 34.4 Å². The van der Waals surface area contributed by atoms with Crippen molar-refractivity contribution in [2.75, 3.05) is 0 Å². The number of carboxylic acids is 2. The average Bonchev–Trinajstić information content (AvgIpc) is 2.26. The molecule has 0 atom stereocenters. The number of hydrogen-bond acceptors (Lipinski definition) is 6. The Morgan fingerprint density at radius 1 is 0.571 bits per heavy atom. The van der Waals surface area contributed by atoms with Crippen molar-refractivity contribution in [2.24, 2.45) is 0 Å². The Morgan fingerprint density at radius 3 is 0.857 bits per heavy atom. The third-order valence-corrected chi connectivity index (χ3v) is 2.24. The Kier molecular flexibility index (Phi) is 61.6. The summed E-state index contributed by atoms with van der Waals surface area (Å²) in [4.78, 5) is 21.7. The Labute approximate surface area is 210 Å². The zero-order valence-electron chi connectivity index (χ0n) is 13.1. The molecule has 1 aromatic rings. The largest absolute Gasteiger partial charge is 0.478 e. The minimum Gasteiger partial charge on any atom is -0.478 e. The van der Waals surface area contributed by atoms with E-state index in [-0.39, 0.29) is 113 Å². The summed E-state index contributed by atoms with van der Waals surface area (Å²) in [6, 6.07) is 1.34. The molecule has 16 N–H and O–H groups in total. The first kappa shape index (κ1) is 63.0. The quantitative estimate of drug-likeness (QED) is 0.138. The van der Waals surface area contributed by atoms with Crippen LogP contribution in [0.15, 0.2) is 12.1 Å². The average molecular weight is 627 g/mol. The van der Waals surface area contributed by atoms with Crippen LogP contribution >= 0.6 is 0 Å². The van der Waals surface area contributed by atoms with Gasteiger partial charge in [-0.25, -0.2) is 9.59 Å². The summed E-state index contributed by atoms with van der Waals surface area (Å²) in [6.45, 7) is 0. The SMILES string of the molecule is O.O.O.O.O.O=C(O)c1cc(C(O)O)c(C(=O)O)cc1C(O)O.[Fe].[Fe].[Fe].[Fe].[Fe]. The minimum absolute atomic E-state index is 0. The van der Waals surface area contributed by atoms with Gasteiger partial charge in [0.15, 0.2) is 12.6 Å². The van der Waals surface area contributed by atoms with Gasteiger partial charge in [0, 0.05) is 96.5 Å². The first-order valence-corrected chi connectivity index (χ1v) is 4.62. The normalized spacial score (nSPS) is 7.07. The number of benzene rings is 1. The number of aromatic carboxylic acids is 2. The van der Waals surface area contributed by atoms with Crippen molar-refractivity contribution in [1.82, 2.24) is 0 Å². The molecule has 28 heavy (non-hydrogen) atoms. The third-order valence-electron chi connectivity index (χ3n) is 2.24. The maximum absolute atomic E-state index is 10.8. The molecule has 0 spiro atoms. The van der Waals surface area contributed by atoms with Crippen molar-refractivity contribution in [1.29, 1.82) is 0 Å². The molecule has 1 rings (SSSR count). The van der Waals surface area contributed by atoms with E-state index < -0.39 is 46.8 Å². The van der Waals surface area contributed by atoms with Crippen LogP contribution in [0, 0.1) is 0 Å². The minimum atomic E-state index is -2.20. The van der Waals surface area contributed by atoms with Crippen LogP contribution in [-0.4, -0.2) is 70.0 Å². The number of hydrogen-bond donors (Lipinski definition) is 6. The predicted octanol–water partition coefficient (Wildman–Crippen LogP) is -5.09. The van der Waals surface area contributed by atoms with Gasteiger partial charge in [-0.2, -0.15) is 0 Å². The van der Waals surface area contributed by atoms with E-state index in [0.717, 1.165) is 0 Å². The predicted molar refractivity (Wildman–Crippen MR) is 72.8 cm³/mol. The van der Waals surface area contributed by atoms with Gasteiger partial charge in [-0.3, -0.25) is 0 Å². The summed E-state index contributed by atoms with van der Waals surface area (Å²) in [6.07, 6.45) is -4.39. The fourth-order valence-corrected chi connectivity index (χ4v) is 1.43. The molecule has 0 aromatic heterocycles. The Bertz CT molecular complexity index is 469. The molecule has 1 aromatic carbocycles. The van der Waals surface area contributed by atoms with E-state index in [2.05, 4.69) is 0 Å². The smallest absolute Gasteiger partial charge is 0.336 e. The van der Waals surface area contributed by atoms with Crippen LogP contribution in [-0.2, 0) is 85.3 Å². The number of rotatable bonds is 4. The summed E-state index contributed by atoms with van der Waals surface area (Å²) >= 11 is 0. The first-order valence-electron chi connectivity index (χ1n) is 4.62. The van der Waals surface area contributed by atoms with E-state index in [1.54, 1.807) is 0 Å². The van der Waals surface area contributed by atoms with Crippen molar-refractivity contribution in [3.8, 4) is 0 Å². The van der Waals surface area contributed by atoms with E-state index in [0.29, 0.717) is 12.1 Å². The summed E-state index contributed by atoms with van der Waals surface area (Å²) < 4.78 is 0. The summed E-state index contributed by atoms with van der Waals surface area (Å²) in [7, 11) is 0. The number of aliphatic hydroxyl groups is 4. The topological polar surface area (TPSA) is 313 Å². The second kappa shape index (κ2) is 27.4. The second-order valence-electron chi connectivity index (χ2n) is 3.38. The third kappa shape index (κ3) is 16.2. The van der Waals surface area contributed by atoms with E-state index >= 15 is 0 Å². The number of aliphatic hydroxyl groups excluding tert-OH is 2. The number of carbonyl (C=O) groups is 2. The van der Waals surface area contributed by atoms with Crippen LogP contribution in [0.2, 0.25) is 0 Å². The van der Waals surface area contributed by atoms with Gasteiger partial charge in [-0.05, 0) is 12.1 Å². The Hall–Kier alpha value is 0.397. The maximum Gasteiger partial charge on any atom is 0.336 e. The summed E-state index contributed by atoms with van der Waals surface area (Å²) in [5.41, 5.74) is -2.36. The molecule has 0 aliphatic heterocycles. The molecule has 0 heterocycles. The van der Waals surface area contributed by atoms with E-state index in [9.17, 15) is 9.59 Å². The fraction of sp³-hybridized carbons (Fsp3) is 0.200. The molecule has 0 aliphatic carbocycles. The van der Waals surface area contributed by atoms with Gasteiger partial charge >= 0.3 is 11.9 Å². The molecule has 0 saturated carbocycles. The molecule has 0 saturated heterocycles. The molecule has 0 unspecified atom stereocenters. The van der Waals surface area contributed by atoms with Gasteiger partial charge in [0.2, 0.25) is 0 Å². The van der Waals surface area contributed by atoms with Gasteiger partial charge in [0.05, 0.1) is 11.1 Å². The van der Waals surface area contributed by atoms with Gasteiger partial charge in [0.1, 0.15) is 0 Å². The Morgan fingerprint density at radius 2 is 0.750 bits per heavy atom. The van der Waals surface area contributed by atoms with Crippen LogP contribution in [0.5, 0.6) is 0 Å². The first-order chi connectivity index (χ1) is 8.25. The van der Waals surface area contributed by atoms with E-state index in [1.807, 2.05) is 0 Å². The number of carboxylic acid groups (broad SMARTS) is 2. The standard InChI is InChI=1S/C10H10O8.5Fe.5H2O/c11-7(12)3-1-4(8(13)14)6(10(17)18)2-5(3)9(15)16;;;;;;;;;;/h1-2,7,10-12,17-18H,(H,13,14)(H,15,16);;;;;;5*1H2. The van der Waals surface area contributed by atoms with Crippen LogP contribution in [0.25, 0.3) is 0 Å². The molecule has 0 amide bonds. The van der Waals surface area contributed by atoms with E-state index in [4.69, 9.17) is 30.6 Å². The van der Waals surface area contributed by atoms with Gasteiger partial charge in [-0.15, -0.1) is 0 Å². The zero-order chi connectivity index (χ0) is 14.0. The van der Waals surface area contributed by atoms with Gasteiger partial charge in [-0.1, -0.05) is 0 Å². The maximum atomic E-state index is 10.8. The van der Waals surface area contributed by atoms with Crippen molar-refractivity contribution in [2.45, 2.75) is 12.6 Å². The van der Waals surface area contributed by atoms with Crippen molar-refractivity contribution < 1.29 is 153 Å². The van der Waals surface area contributed by atoms with Gasteiger partial charge < -0.3 is 58.0 Å². The van der Waals surface area contributed by atoms with Crippen LogP contribution in [0.1, 0.15) is 44.4 Å². The summed E-state index contributed by atoms with van der Waals surface area (Å²) in [5, 5.41) is 53.5. The van der Waals surface area contributed by atoms with Crippen LogP contribution in [0.4, 0.5) is 0 Å². The Balaban J connectivity index is -0.0000000405. The molecule has 0 bridgehead atoms. The van der Waals surface area contributed by atoms with Crippen molar-refractivity contribution >= 4 is 11.9 Å². The molecule has 13 nitrogen and oxygen atoms in total. The molecule has 18 heteroatoms. The van der Waals surface area contributed by atoms with Crippen LogP contribution in [0.3, 0.4) is 0 Å². The zero-order valence-corrected chi connectivity index (χ0v) is 18.6. The molecule has 0 fully saturated rings. The van der Waals surface area contributed by atoms with Crippen molar-refractivity contribution in [3.63, 3.8) is 0 Å². The molecular weight excluding hydrogens is 607 g/mol. The molecular formula is C10H20Fe5O13. The monoisotopic (exact) mass is 628 g/mol. The molecule has 0 aliphatic rings. The van der Waals surface area contributed by atoms with Gasteiger partial charge in [0.25, 0.3) is 0 Å².